The number of thioether (sulfide) groups is 1. The van der Waals surface area contributed by atoms with E-state index in [-0.39, 0.29) is 0 Å². The summed E-state index contributed by atoms with van der Waals surface area (Å²) in [6, 6.07) is 6.71. The number of anilines is 1. The van der Waals surface area contributed by atoms with Gasteiger partial charge in [-0.1, -0.05) is 6.07 Å². The number of nitrogens with zero attached hydrogens (tertiary/aromatic N) is 1. The molecule has 0 atom stereocenters. The Kier molecular flexibility index (Phi) is 2.26. The number of hydrogen-bond acceptors (Lipinski definition) is 2. The number of fused-ring (bicyclic) bond motifs is 1. The lowest BCUT2D eigenvalue weighted by molar-refractivity contribution is 0.676. The van der Waals surface area contributed by atoms with Gasteiger partial charge in [0.15, 0.2) is 0 Å². The van der Waals surface area contributed by atoms with E-state index >= 15 is 0 Å². The number of rotatable bonds is 0. The predicted octanol–water partition coefficient (Wildman–Crippen LogP) is 3.32. The van der Waals surface area contributed by atoms with Crippen molar-refractivity contribution >= 4 is 17.4 Å². The highest BCUT2D eigenvalue weighted by Gasteiger charge is 2.28. The molecule has 76 valence electrons. The molecule has 0 aliphatic carbocycles. The fraction of sp³-hybridized carbons (Fsp3) is 0.500. The van der Waals surface area contributed by atoms with Crippen LogP contribution in [-0.2, 0) is 0 Å². The molecule has 1 nitrogen and oxygen atoms in total. The fourth-order valence-corrected chi connectivity index (χ4v) is 3.31. The lowest BCUT2D eigenvalue weighted by Gasteiger charge is -2.38. The molecule has 0 spiro atoms. The third-order valence-corrected chi connectivity index (χ3v) is 3.78. The molecule has 14 heavy (non-hydrogen) atoms. The van der Waals surface area contributed by atoms with E-state index in [1.54, 1.807) is 0 Å². The average Bonchev–Trinajstić information content (AvgIpc) is 2.05. The summed E-state index contributed by atoms with van der Waals surface area (Å²) in [7, 11) is 2.18. The van der Waals surface area contributed by atoms with Crippen molar-refractivity contribution in [2.45, 2.75) is 30.4 Å². The second-order valence-corrected chi connectivity index (χ2v) is 6.44. The molecule has 0 fully saturated rings. The topological polar surface area (TPSA) is 3.24 Å². The summed E-state index contributed by atoms with van der Waals surface area (Å²) < 4.78 is 0.330. The molecule has 2 heteroatoms. The minimum Gasteiger partial charge on any atom is -0.372 e. The summed E-state index contributed by atoms with van der Waals surface area (Å²) in [5.74, 6) is 0. The molecule has 0 bridgehead atoms. The van der Waals surface area contributed by atoms with E-state index in [2.05, 4.69) is 50.9 Å². The summed E-state index contributed by atoms with van der Waals surface area (Å²) in [6.45, 7) is 7.88. The SMILES string of the molecule is Cc1ccc2c(c1)N(C)CC(C)(C)S2. The summed E-state index contributed by atoms with van der Waals surface area (Å²) in [4.78, 5) is 3.77. The Bertz CT molecular complexity index is 357. The molecular weight excluding hydrogens is 190 g/mol. The van der Waals surface area contributed by atoms with Gasteiger partial charge in [0.25, 0.3) is 0 Å². The summed E-state index contributed by atoms with van der Waals surface area (Å²) >= 11 is 1.98. The third-order valence-electron chi connectivity index (χ3n) is 2.53. The highest BCUT2D eigenvalue weighted by atomic mass is 32.2. The van der Waals surface area contributed by atoms with Gasteiger partial charge in [0.05, 0.1) is 5.69 Å². The van der Waals surface area contributed by atoms with E-state index < -0.39 is 0 Å². The minimum atomic E-state index is 0.330. The number of benzene rings is 1. The van der Waals surface area contributed by atoms with Crippen molar-refractivity contribution in [3.05, 3.63) is 23.8 Å². The first-order chi connectivity index (χ1) is 6.48. The van der Waals surface area contributed by atoms with Crippen molar-refractivity contribution in [1.29, 1.82) is 0 Å². The first-order valence-corrected chi connectivity index (χ1v) is 5.80. The van der Waals surface area contributed by atoms with Crippen LogP contribution in [0.2, 0.25) is 0 Å². The first-order valence-electron chi connectivity index (χ1n) is 4.99. The van der Waals surface area contributed by atoms with Gasteiger partial charge in [0, 0.05) is 23.2 Å². The average molecular weight is 207 g/mol. The zero-order valence-corrected chi connectivity index (χ0v) is 10.1. The zero-order valence-electron chi connectivity index (χ0n) is 9.29. The van der Waals surface area contributed by atoms with Gasteiger partial charge in [-0.15, -0.1) is 11.8 Å². The van der Waals surface area contributed by atoms with Crippen molar-refractivity contribution in [3.63, 3.8) is 0 Å². The molecule has 0 saturated heterocycles. The molecule has 2 rings (SSSR count). The highest BCUT2D eigenvalue weighted by molar-refractivity contribution is 8.00. The Morgan fingerprint density at radius 2 is 2.07 bits per heavy atom. The van der Waals surface area contributed by atoms with Crippen LogP contribution in [0.15, 0.2) is 23.1 Å². The zero-order chi connectivity index (χ0) is 10.3. The van der Waals surface area contributed by atoms with Crippen LogP contribution in [0.3, 0.4) is 0 Å². The van der Waals surface area contributed by atoms with Gasteiger partial charge >= 0.3 is 0 Å². The van der Waals surface area contributed by atoms with Crippen molar-refractivity contribution in [3.8, 4) is 0 Å². The van der Waals surface area contributed by atoms with Gasteiger partial charge < -0.3 is 4.90 Å². The molecule has 1 aromatic rings. The smallest absolute Gasteiger partial charge is 0.0505 e. The molecule has 0 amide bonds. The summed E-state index contributed by atoms with van der Waals surface area (Å²) in [5.41, 5.74) is 2.73. The molecule has 1 aromatic carbocycles. The maximum atomic E-state index is 2.36. The number of aryl methyl sites for hydroxylation is 1. The monoisotopic (exact) mass is 207 g/mol. The van der Waals surface area contributed by atoms with Gasteiger partial charge in [-0.25, -0.2) is 0 Å². The molecule has 1 aliphatic heterocycles. The molecule has 1 aliphatic rings. The molecule has 0 N–H and O–H groups in total. The normalized spacial score (nSPS) is 19.3. The molecule has 0 radical (unpaired) electrons. The quantitative estimate of drug-likeness (QED) is 0.642. The summed E-state index contributed by atoms with van der Waals surface area (Å²) in [6.07, 6.45) is 0. The van der Waals surface area contributed by atoms with Gasteiger partial charge in [0.1, 0.15) is 0 Å². The molecule has 0 saturated carbocycles. The van der Waals surface area contributed by atoms with Crippen LogP contribution >= 0.6 is 11.8 Å². The van der Waals surface area contributed by atoms with Gasteiger partial charge in [0.2, 0.25) is 0 Å². The van der Waals surface area contributed by atoms with Crippen LogP contribution in [0, 0.1) is 6.92 Å². The van der Waals surface area contributed by atoms with Gasteiger partial charge in [-0.3, -0.25) is 0 Å². The van der Waals surface area contributed by atoms with E-state index in [1.807, 2.05) is 11.8 Å². The van der Waals surface area contributed by atoms with E-state index in [0.717, 1.165) is 6.54 Å². The predicted molar refractivity (Wildman–Crippen MR) is 64.4 cm³/mol. The van der Waals surface area contributed by atoms with E-state index in [4.69, 9.17) is 0 Å². The molecular formula is C12H17NS. The number of hydrogen-bond donors (Lipinski definition) is 0. The van der Waals surface area contributed by atoms with Crippen LogP contribution in [0.5, 0.6) is 0 Å². The second-order valence-electron chi connectivity index (χ2n) is 4.69. The molecule has 1 heterocycles. The Hall–Kier alpha value is -0.630. The van der Waals surface area contributed by atoms with Crippen molar-refractivity contribution < 1.29 is 0 Å². The van der Waals surface area contributed by atoms with Crippen LogP contribution in [0.25, 0.3) is 0 Å². The molecule has 0 unspecified atom stereocenters. The maximum absolute atomic E-state index is 2.36. The van der Waals surface area contributed by atoms with Crippen molar-refractivity contribution in [2.24, 2.45) is 0 Å². The standard InChI is InChI=1S/C12H17NS/c1-9-5-6-11-10(7-9)13(4)8-12(2,3)14-11/h5-7H,8H2,1-4H3. The maximum Gasteiger partial charge on any atom is 0.0505 e. The highest BCUT2D eigenvalue weighted by Crippen LogP contribution is 2.43. The molecule has 0 aromatic heterocycles. The summed E-state index contributed by atoms with van der Waals surface area (Å²) in [5, 5.41) is 0. The Morgan fingerprint density at radius 1 is 1.36 bits per heavy atom. The Labute approximate surface area is 90.5 Å². The van der Waals surface area contributed by atoms with Gasteiger partial charge in [-0.2, -0.15) is 0 Å². The van der Waals surface area contributed by atoms with Gasteiger partial charge in [-0.05, 0) is 38.5 Å². The van der Waals surface area contributed by atoms with E-state index in [1.165, 1.54) is 16.1 Å². The van der Waals surface area contributed by atoms with Crippen LogP contribution in [0.1, 0.15) is 19.4 Å². The minimum absolute atomic E-state index is 0.330. The lowest BCUT2D eigenvalue weighted by atomic mass is 10.1. The largest absolute Gasteiger partial charge is 0.372 e. The van der Waals surface area contributed by atoms with Crippen LogP contribution in [0.4, 0.5) is 5.69 Å². The second kappa shape index (κ2) is 3.20. The van der Waals surface area contributed by atoms with Crippen LogP contribution < -0.4 is 4.90 Å². The fourth-order valence-electron chi connectivity index (χ4n) is 2.00. The van der Waals surface area contributed by atoms with Crippen LogP contribution in [-0.4, -0.2) is 18.3 Å². The van der Waals surface area contributed by atoms with Crippen molar-refractivity contribution in [1.82, 2.24) is 0 Å². The Morgan fingerprint density at radius 3 is 2.79 bits per heavy atom. The Balaban J connectivity index is 2.45. The first kappa shape index (κ1) is 9.91. The third kappa shape index (κ3) is 1.76. The van der Waals surface area contributed by atoms with E-state index in [9.17, 15) is 0 Å². The lowest BCUT2D eigenvalue weighted by Crippen LogP contribution is -2.37. The van der Waals surface area contributed by atoms with E-state index in [0.29, 0.717) is 4.75 Å². The van der Waals surface area contributed by atoms with Crippen molar-refractivity contribution in [2.75, 3.05) is 18.5 Å².